The number of hydrogen-bond acceptors (Lipinski definition) is 4. The van der Waals surface area contributed by atoms with Gasteiger partial charge >= 0.3 is 0 Å². The Morgan fingerprint density at radius 3 is 2.59 bits per heavy atom. The number of halogens is 1. The molecule has 0 fully saturated rings. The monoisotopic (exact) mass is 363 g/mol. The van der Waals surface area contributed by atoms with Crippen LogP contribution in [-0.2, 0) is 6.54 Å². The number of benzene rings is 2. The van der Waals surface area contributed by atoms with Crippen molar-refractivity contribution in [2.24, 2.45) is 0 Å². The molecule has 22 heavy (non-hydrogen) atoms. The van der Waals surface area contributed by atoms with E-state index in [0.29, 0.717) is 23.6 Å². The molecule has 0 aliphatic carbocycles. The van der Waals surface area contributed by atoms with Crippen LogP contribution in [0.2, 0.25) is 0 Å². The van der Waals surface area contributed by atoms with E-state index in [2.05, 4.69) is 21.2 Å². The van der Waals surface area contributed by atoms with Crippen LogP contribution >= 0.6 is 15.9 Å². The molecule has 0 aromatic heterocycles. The van der Waals surface area contributed by atoms with Gasteiger partial charge in [-0.3, -0.25) is 4.79 Å². The van der Waals surface area contributed by atoms with Gasteiger partial charge in [-0.1, -0.05) is 12.1 Å². The van der Waals surface area contributed by atoms with E-state index in [1.807, 2.05) is 31.2 Å². The third-order valence-electron chi connectivity index (χ3n) is 3.37. The first kappa shape index (κ1) is 16.4. The predicted molar refractivity (Wildman–Crippen MR) is 91.1 cm³/mol. The molecule has 0 aliphatic heterocycles. The third-order valence-corrected chi connectivity index (χ3v) is 3.96. The minimum absolute atomic E-state index is 0.613. The van der Waals surface area contributed by atoms with Gasteiger partial charge in [-0.15, -0.1) is 0 Å². The van der Waals surface area contributed by atoms with Gasteiger partial charge in [0.2, 0.25) is 0 Å². The van der Waals surface area contributed by atoms with Crippen molar-refractivity contribution in [1.29, 1.82) is 0 Å². The van der Waals surface area contributed by atoms with Crippen LogP contribution in [0.5, 0.6) is 11.5 Å². The Morgan fingerprint density at radius 1 is 1.18 bits per heavy atom. The molecule has 0 atom stereocenters. The molecular formula is C17H18BrNO3. The lowest BCUT2D eigenvalue weighted by molar-refractivity contribution is 0.112. The number of carbonyl (C=O) groups excluding carboxylic acids is 1. The molecule has 0 unspecified atom stereocenters. The maximum absolute atomic E-state index is 10.9. The van der Waals surface area contributed by atoms with Gasteiger partial charge in [0.15, 0.2) is 11.5 Å². The normalized spacial score (nSPS) is 10.2. The fourth-order valence-electron chi connectivity index (χ4n) is 2.17. The molecule has 0 radical (unpaired) electrons. The van der Waals surface area contributed by atoms with E-state index in [-0.39, 0.29) is 0 Å². The number of carbonyl (C=O) groups is 1. The van der Waals surface area contributed by atoms with Gasteiger partial charge in [0, 0.05) is 17.8 Å². The van der Waals surface area contributed by atoms with E-state index in [4.69, 9.17) is 9.47 Å². The number of nitrogens with one attached hydrogen (secondary N) is 1. The SMILES string of the molecule is COc1cc(CNc2cc(C=O)ccc2C)cc(Br)c1OC. The predicted octanol–water partition coefficient (Wildman–Crippen LogP) is 4.20. The zero-order valence-corrected chi connectivity index (χ0v) is 14.4. The van der Waals surface area contributed by atoms with Gasteiger partial charge in [0.1, 0.15) is 6.29 Å². The van der Waals surface area contributed by atoms with E-state index in [1.165, 1.54) is 0 Å². The summed E-state index contributed by atoms with van der Waals surface area (Å²) >= 11 is 3.48. The van der Waals surface area contributed by atoms with Crippen LogP contribution in [0.1, 0.15) is 21.5 Å². The second kappa shape index (κ2) is 7.31. The van der Waals surface area contributed by atoms with Crippen LogP contribution in [0.4, 0.5) is 5.69 Å². The van der Waals surface area contributed by atoms with E-state index in [9.17, 15) is 4.79 Å². The fraction of sp³-hybridized carbons (Fsp3) is 0.235. The zero-order chi connectivity index (χ0) is 16.1. The van der Waals surface area contributed by atoms with Gasteiger partial charge in [-0.25, -0.2) is 0 Å². The summed E-state index contributed by atoms with van der Waals surface area (Å²) in [5.74, 6) is 1.34. The van der Waals surface area contributed by atoms with Gasteiger partial charge in [-0.2, -0.15) is 0 Å². The molecule has 0 spiro atoms. The number of anilines is 1. The summed E-state index contributed by atoms with van der Waals surface area (Å²) < 4.78 is 11.5. The number of aryl methyl sites for hydroxylation is 1. The summed E-state index contributed by atoms with van der Waals surface area (Å²) in [5.41, 5.74) is 3.72. The van der Waals surface area contributed by atoms with Crippen molar-refractivity contribution in [1.82, 2.24) is 0 Å². The number of aldehydes is 1. The van der Waals surface area contributed by atoms with Gasteiger partial charge in [-0.05, 0) is 52.2 Å². The highest BCUT2D eigenvalue weighted by Gasteiger charge is 2.10. The highest BCUT2D eigenvalue weighted by atomic mass is 79.9. The van der Waals surface area contributed by atoms with Crippen LogP contribution in [0.15, 0.2) is 34.8 Å². The maximum Gasteiger partial charge on any atom is 0.174 e. The summed E-state index contributed by atoms with van der Waals surface area (Å²) in [7, 11) is 3.22. The third kappa shape index (κ3) is 3.60. The fourth-order valence-corrected chi connectivity index (χ4v) is 2.83. The Bertz CT molecular complexity index is 686. The van der Waals surface area contributed by atoms with Crippen LogP contribution in [0, 0.1) is 6.92 Å². The topological polar surface area (TPSA) is 47.6 Å². The molecule has 0 aliphatic rings. The van der Waals surface area contributed by atoms with Gasteiger partial charge < -0.3 is 14.8 Å². The molecule has 0 saturated carbocycles. The van der Waals surface area contributed by atoms with Crippen LogP contribution in [-0.4, -0.2) is 20.5 Å². The van der Waals surface area contributed by atoms with Crippen LogP contribution in [0.3, 0.4) is 0 Å². The van der Waals surface area contributed by atoms with Gasteiger partial charge in [0.05, 0.1) is 18.7 Å². The Morgan fingerprint density at radius 2 is 1.95 bits per heavy atom. The average Bonchev–Trinajstić information content (AvgIpc) is 2.53. The molecular weight excluding hydrogens is 346 g/mol. The zero-order valence-electron chi connectivity index (χ0n) is 12.8. The molecule has 0 amide bonds. The van der Waals surface area contributed by atoms with Crippen LogP contribution < -0.4 is 14.8 Å². The molecule has 4 nitrogen and oxygen atoms in total. The van der Waals surface area contributed by atoms with Crippen LogP contribution in [0.25, 0.3) is 0 Å². The highest BCUT2D eigenvalue weighted by Crippen LogP contribution is 2.36. The second-order valence-corrected chi connectivity index (χ2v) is 5.71. The lowest BCUT2D eigenvalue weighted by atomic mass is 10.1. The number of hydrogen-bond donors (Lipinski definition) is 1. The number of rotatable bonds is 6. The molecule has 0 bridgehead atoms. The lowest BCUT2D eigenvalue weighted by Gasteiger charge is -2.14. The molecule has 1 N–H and O–H groups in total. The summed E-state index contributed by atoms with van der Waals surface area (Å²) in [5, 5.41) is 3.34. The first-order valence-corrected chi connectivity index (χ1v) is 7.58. The van der Waals surface area contributed by atoms with Crippen molar-refractivity contribution >= 4 is 27.9 Å². The van der Waals surface area contributed by atoms with Crippen molar-refractivity contribution < 1.29 is 14.3 Å². The number of methoxy groups -OCH3 is 2. The van der Waals surface area contributed by atoms with E-state index >= 15 is 0 Å². The van der Waals surface area contributed by atoms with E-state index < -0.39 is 0 Å². The van der Waals surface area contributed by atoms with Crippen molar-refractivity contribution in [3.8, 4) is 11.5 Å². The summed E-state index contributed by atoms with van der Waals surface area (Å²) in [6.07, 6.45) is 0.845. The molecule has 2 aromatic carbocycles. The molecule has 2 aromatic rings. The van der Waals surface area contributed by atoms with E-state index in [0.717, 1.165) is 27.6 Å². The molecule has 116 valence electrons. The Kier molecular flexibility index (Phi) is 5.44. The first-order valence-electron chi connectivity index (χ1n) is 6.79. The second-order valence-electron chi connectivity index (χ2n) is 4.86. The van der Waals surface area contributed by atoms with E-state index in [1.54, 1.807) is 20.3 Å². The Balaban J connectivity index is 2.21. The van der Waals surface area contributed by atoms with Crippen molar-refractivity contribution in [3.05, 3.63) is 51.5 Å². The highest BCUT2D eigenvalue weighted by molar-refractivity contribution is 9.10. The van der Waals surface area contributed by atoms with Gasteiger partial charge in [0.25, 0.3) is 0 Å². The minimum Gasteiger partial charge on any atom is -0.493 e. The maximum atomic E-state index is 10.9. The summed E-state index contributed by atoms with van der Waals surface area (Å²) in [6.45, 7) is 2.61. The lowest BCUT2D eigenvalue weighted by Crippen LogP contribution is -2.03. The van der Waals surface area contributed by atoms with Crippen molar-refractivity contribution in [2.75, 3.05) is 19.5 Å². The molecule has 2 rings (SSSR count). The van der Waals surface area contributed by atoms with Crippen molar-refractivity contribution in [2.45, 2.75) is 13.5 Å². The Labute approximate surface area is 138 Å². The summed E-state index contributed by atoms with van der Waals surface area (Å²) in [4.78, 5) is 10.9. The molecule has 0 heterocycles. The molecule has 0 saturated heterocycles. The average molecular weight is 364 g/mol. The molecule has 5 heteroatoms. The first-order chi connectivity index (χ1) is 10.6. The standard InChI is InChI=1S/C17H18BrNO3/c1-11-4-5-12(10-20)7-15(11)19-9-13-6-14(18)17(22-3)16(8-13)21-2/h4-8,10,19H,9H2,1-3H3. The smallest absolute Gasteiger partial charge is 0.174 e. The summed E-state index contributed by atoms with van der Waals surface area (Å²) in [6, 6.07) is 9.48. The quantitative estimate of drug-likeness (QED) is 0.781. The van der Waals surface area contributed by atoms with Crippen molar-refractivity contribution in [3.63, 3.8) is 0 Å². The number of ether oxygens (including phenoxy) is 2. The minimum atomic E-state index is 0.613. The Hall–Kier alpha value is -2.01. The largest absolute Gasteiger partial charge is 0.493 e.